The fourth-order valence-electron chi connectivity index (χ4n) is 2.16. The smallest absolute Gasteiger partial charge is 0.0110 e. The second-order valence-corrected chi connectivity index (χ2v) is 6.27. The molecule has 0 aromatic heterocycles. The van der Waals surface area contributed by atoms with Crippen LogP contribution in [0.25, 0.3) is 0 Å². The molecule has 0 bridgehead atoms. The third kappa shape index (κ3) is 5.83. The molecule has 2 N–H and O–H groups in total. The number of hydrogen-bond donors (Lipinski definition) is 1. The predicted molar refractivity (Wildman–Crippen MR) is 70.6 cm³/mol. The molecular weight excluding hydrogens is 198 g/mol. The maximum atomic E-state index is 6.01. The largest absolute Gasteiger partial charge is 0.326 e. The van der Waals surface area contributed by atoms with Gasteiger partial charge in [0.25, 0.3) is 0 Å². The quantitative estimate of drug-likeness (QED) is 0.770. The summed E-state index contributed by atoms with van der Waals surface area (Å²) in [5, 5.41) is 0. The summed E-state index contributed by atoms with van der Waals surface area (Å²) in [5.41, 5.74) is 5.99. The highest BCUT2D eigenvalue weighted by molar-refractivity contribution is 4.77. The highest BCUT2D eigenvalue weighted by Crippen LogP contribution is 2.09. The summed E-state index contributed by atoms with van der Waals surface area (Å²) in [6, 6.07) is 0. The molecule has 0 radical (unpaired) electrons. The van der Waals surface area contributed by atoms with E-state index in [9.17, 15) is 0 Å². The van der Waals surface area contributed by atoms with Gasteiger partial charge in [-0.1, -0.05) is 13.8 Å². The monoisotopic (exact) mass is 227 g/mol. The molecule has 0 aromatic carbocycles. The fourth-order valence-corrected chi connectivity index (χ4v) is 2.16. The first-order chi connectivity index (χ1) is 7.37. The third-order valence-electron chi connectivity index (χ3n) is 3.16. The fraction of sp³-hybridized carbons (Fsp3) is 1.00. The van der Waals surface area contributed by atoms with Crippen LogP contribution in [0.15, 0.2) is 0 Å². The molecule has 3 nitrogen and oxygen atoms in total. The Morgan fingerprint density at radius 1 is 1.06 bits per heavy atom. The molecule has 0 aliphatic carbocycles. The van der Waals surface area contributed by atoms with Gasteiger partial charge in [0.1, 0.15) is 0 Å². The van der Waals surface area contributed by atoms with Gasteiger partial charge in [-0.25, -0.2) is 0 Å². The van der Waals surface area contributed by atoms with Crippen molar-refractivity contribution in [1.82, 2.24) is 9.80 Å². The minimum absolute atomic E-state index is 0.0188. The molecule has 1 fully saturated rings. The number of nitrogens with zero attached hydrogens (tertiary/aromatic N) is 2. The van der Waals surface area contributed by atoms with Crippen LogP contribution in [0.2, 0.25) is 0 Å². The van der Waals surface area contributed by atoms with E-state index in [1.165, 1.54) is 32.7 Å². The van der Waals surface area contributed by atoms with Gasteiger partial charge in [0.2, 0.25) is 0 Å². The molecule has 0 aromatic rings. The molecule has 0 unspecified atom stereocenters. The van der Waals surface area contributed by atoms with E-state index in [1.54, 1.807) is 0 Å². The third-order valence-corrected chi connectivity index (χ3v) is 3.16. The Morgan fingerprint density at radius 2 is 1.56 bits per heavy atom. The zero-order chi connectivity index (χ0) is 12.2. The molecule has 3 heteroatoms. The number of piperazine rings is 1. The van der Waals surface area contributed by atoms with Crippen molar-refractivity contribution in [2.45, 2.75) is 39.7 Å². The van der Waals surface area contributed by atoms with E-state index in [0.29, 0.717) is 0 Å². The summed E-state index contributed by atoms with van der Waals surface area (Å²) in [6.45, 7) is 16.1. The van der Waals surface area contributed by atoms with E-state index in [0.717, 1.165) is 18.9 Å². The van der Waals surface area contributed by atoms with Gasteiger partial charge in [0, 0.05) is 38.3 Å². The average molecular weight is 227 g/mol. The Hall–Kier alpha value is -0.120. The number of hydrogen-bond acceptors (Lipinski definition) is 3. The minimum atomic E-state index is -0.0188. The van der Waals surface area contributed by atoms with E-state index >= 15 is 0 Å². The van der Waals surface area contributed by atoms with Crippen LogP contribution in [0.4, 0.5) is 0 Å². The van der Waals surface area contributed by atoms with Crippen molar-refractivity contribution in [3.63, 3.8) is 0 Å². The lowest BCUT2D eigenvalue weighted by molar-refractivity contribution is 0.117. The van der Waals surface area contributed by atoms with Crippen LogP contribution in [0.5, 0.6) is 0 Å². The Balaban J connectivity index is 2.17. The van der Waals surface area contributed by atoms with Crippen LogP contribution in [-0.4, -0.2) is 54.6 Å². The van der Waals surface area contributed by atoms with Crippen molar-refractivity contribution in [2.75, 3.05) is 39.3 Å². The predicted octanol–water partition coefficient (Wildman–Crippen LogP) is 1.39. The summed E-state index contributed by atoms with van der Waals surface area (Å²) in [6.07, 6.45) is 1.09. The molecule has 1 heterocycles. The van der Waals surface area contributed by atoms with Gasteiger partial charge in [-0.2, -0.15) is 0 Å². The number of rotatable bonds is 5. The lowest BCUT2D eigenvalue weighted by Crippen LogP contribution is -2.49. The molecule has 0 spiro atoms. The van der Waals surface area contributed by atoms with Gasteiger partial charge < -0.3 is 15.5 Å². The highest BCUT2D eigenvalue weighted by Gasteiger charge is 2.19. The van der Waals surface area contributed by atoms with Gasteiger partial charge in [-0.15, -0.1) is 0 Å². The Labute approximate surface area is 101 Å². The summed E-state index contributed by atoms with van der Waals surface area (Å²) in [4.78, 5) is 5.13. The Morgan fingerprint density at radius 3 is 2.00 bits per heavy atom. The molecule has 0 saturated carbocycles. The topological polar surface area (TPSA) is 32.5 Å². The van der Waals surface area contributed by atoms with Gasteiger partial charge in [0.05, 0.1) is 0 Å². The summed E-state index contributed by atoms with van der Waals surface area (Å²) >= 11 is 0. The van der Waals surface area contributed by atoms with E-state index in [-0.39, 0.29) is 5.54 Å². The zero-order valence-corrected chi connectivity index (χ0v) is 11.5. The van der Waals surface area contributed by atoms with E-state index in [1.807, 2.05) is 0 Å². The normalized spacial score (nSPS) is 20.6. The first-order valence-corrected chi connectivity index (χ1v) is 6.60. The molecule has 16 heavy (non-hydrogen) atoms. The number of nitrogens with two attached hydrogens (primary N) is 1. The maximum Gasteiger partial charge on any atom is 0.0110 e. The first kappa shape index (κ1) is 13.9. The van der Waals surface area contributed by atoms with Crippen molar-refractivity contribution >= 4 is 0 Å². The molecular formula is C13H29N3. The van der Waals surface area contributed by atoms with Crippen molar-refractivity contribution in [1.29, 1.82) is 0 Å². The summed E-state index contributed by atoms with van der Waals surface area (Å²) < 4.78 is 0. The molecule has 0 atom stereocenters. The van der Waals surface area contributed by atoms with Crippen LogP contribution < -0.4 is 5.73 Å². The summed E-state index contributed by atoms with van der Waals surface area (Å²) in [7, 11) is 0. The van der Waals surface area contributed by atoms with Crippen LogP contribution in [0.1, 0.15) is 34.1 Å². The molecule has 1 saturated heterocycles. The second kappa shape index (κ2) is 5.99. The molecule has 0 amide bonds. The zero-order valence-electron chi connectivity index (χ0n) is 11.5. The van der Waals surface area contributed by atoms with Crippen molar-refractivity contribution in [2.24, 2.45) is 11.7 Å². The average Bonchev–Trinajstić information content (AvgIpc) is 2.14. The highest BCUT2D eigenvalue weighted by atomic mass is 15.3. The summed E-state index contributed by atoms with van der Waals surface area (Å²) in [5.74, 6) is 0.787. The second-order valence-electron chi connectivity index (χ2n) is 6.27. The molecule has 96 valence electrons. The van der Waals surface area contributed by atoms with Gasteiger partial charge in [-0.05, 0) is 32.7 Å². The van der Waals surface area contributed by atoms with Crippen LogP contribution in [-0.2, 0) is 0 Å². The van der Waals surface area contributed by atoms with Gasteiger partial charge in [0.15, 0.2) is 0 Å². The van der Waals surface area contributed by atoms with Crippen molar-refractivity contribution < 1.29 is 0 Å². The first-order valence-electron chi connectivity index (χ1n) is 6.60. The van der Waals surface area contributed by atoms with Gasteiger partial charge in [-0.3, -0.25) is 0 Å². The molecule has 1 rings (SSSR count). The van der Waals surface area contributed by atoms with Crippen molar-refractivity contribution in [3.05, 3.63) is 0 Å². The van der Waals surface area contributed by atoms with Gasteiger partial charge >= 0.3 is 0 Å². The van der Waals surface area contributed by atoms with Crippen LogP contribution in [0, 0.1) is 5.92 Å². The lowest BCUT2D eigenvalue weighted by Gasteiger charge is -2.36. The lowest BCUT2D eigenvalue weighted by atomic mass is 10.0. The SMILES string of the molecule is CC(C)CN1CCN(CCC(C)(C)N)CC1. The maximum absolute atomic E-state index is 6.01. The van der Waals surface area contributed by atoms with E-state index in [4.69, 9.17) is 5.73 Å². The molecule has 1 aliphatic heterocycles. The standard InChI is InChI=1S/C13H29N3/c1-12(2)11-16-9-7-15(8-10-16)6-5-13(3,4)14/h12H,5-11,14H2,1-4H3. The minimum Gasteiger partial charge on any atom is -0.326 e. The van der Waals surface area contributed by atoms with Crippen molar-refractivity contribution in [3.8, 4) is 0 Å². The Kier molecular flexibility index (Phi) is 5.22. The van der Waals surface area contributed by atoms with Crippen LogP contribution in [0.3, 0.4) is 0 Å². The van der Waals surface area contributed by atoms with Crippen LogP contribution >= 0.6 is 0 Å². The van der Waals surface area contributed by atoms with E-state index in [2.05, 4.69) is 37.5 Å². The van der Waals surface area contributed by atoms with E-state index < -0.39 is 0 Å². The molecule has 1 aliphatic rings. The Bertz CT molecular complexity index is 188.